The fraction of sp³-hybridized carbons (Fsp3) is 0.474. The molecular weight excluding hydrogens is 382 g/mol. The normalized spacial score (nSPS) is 17.9. The van der Waals surface area contributed by atoms with Crippen LogP contribution in [0.15, 0.2) is 24.3 Å². The van der Waals surface area contributed by atoms with E-state index < -0.39 is 42.4 Å². The summed E-state index contributed by atoms with van der Waals surface area (Å²) in [4.78, 5) is 47.3. The van der Waals surface area contributed by atoms with Gasteiger partial charge in [0.2, 0.25) is 11.8 Å². The van der Waals surface area contributed by atoms with Gasteiger partial charge in [-0.2, -0.15) is 0 Å². The van der Waals surface area contributed by atoms with Gasteiger partial charge in [-0.15, -0.1) is 0 Å². The van der Waals surface area contributed by atoms with E-state index in [1.54, 1.807) is 12.1 Å². The average molecular weight is 407 g/mol. The van der Waals surface area contributed by atoms with Gasteiger partial charge in [-0.3, -0.25) is 14.4 Å². The number of amides is 2. The van der Waals surface area contributed by atoms with E-state index >= 15 is 0 Å². The molecule has 3 atom stereocenters. The summed E-state index contributed by atoms with van der Waals surface area (Å²) in [5.74, 6) is -3.56. The third kappa shape index (κ3) is 7.07. The molecule has 1 fully saturated rings. The average Bonchev–Trinajstić information content (AvgIpc) is 3.20. The molecule has 6 N–H and O–H groups in total. The lowest BCUT2D eigenvalue weighted by Crippen LogP contribution is -2.55. The van der Waals surface area contributed by atoms with E-state index in [9.17, 15) is 29.4 Å². The third-order valence-electron chi connectivity index (χ3n) is 4.65. The van der Waals surface area contributed by atoms with Crippen molar-refractivity contribution in [1.29, 1.82) is 0 Å². The first-order chi connectivity index (χ1) is 13.8. The Kier molecular flexibility index (Phi) is 7.96. The second-order valence-electron chi connectivity index (χ2n) is 6.91. The number of aromatic hydroxyl groups is 1. The molecule has 0 saturated carbocycles. The quantitative estimate of drug-likeness (QED) is 0.305. The van der Waals surface area contributed by atoms with Gasteiger partial charge in [0.15, 0.2) is 0 Å². The molecule has 1 heterocycles. The van der Waals surface area contributed by atoms with Crippen molar-refractivity contribution in [3.05, 3.63) is 29.8 Å². The molecule has 29 heavy (non-hydrogen) atoms. The Balaban J connectivity index is 2.11. The van der Waals surface area contributed by atoms with Crippen molar-refractivity contribution < 1.29 is 34.5 Å². The first kappa shape index (κ1) is 22.2. The number of phenols is 1. The second-order valence-corrected chi connectivity index (χ2v) is 6.91. The second kappa shape index (κ2) is 10.4. The van der Waals surface area contributed by atoms with E-state index in [4.69, 9.17) is 5.11 Å². The van der Waals surface area contributed by atoms with Crippen LogP contribution in [-0.2, 0) is 25.6 Å². The van der Waals surface area contributed by atoms with Crippen LogP contribution in [0.5, 0.6) is 5.75 Å². The monoisotopic (exact) mass is 407 g/mol. The van der Waals surface area contributed by atoms with Crippen LogP contribution in [0.4, 0.5) is 0 Å². The van der Waals surface area contributed by atoms with E-state index in [1.165, 1.54) is 12.1 Å². The van der Waals surface area contributed by atoms with E-state index in [1.807, 2.05) is 0 Å². The van der Waals surface area contributed by atoms with Crippen LogP contribution >= 0.6 is 0 Å². The van der Waals surface area contributed by atoms with Crippen molar-refractivity contribution in [3.8, 4) is 5.75 Å². The maximum atomic E-state index is 12.7. The number of hydrogen-bond donors (Lipinski definition) is 6. The molecule has 0 radical (unpaired) electrons. The number of aliphatic carboxylic acids is 2. The molecule has 0 aromatic heterocycles. The number of carbonyl (C=O) groups is 4. The lowest BCUT2D eigenvalue weighted by Gasteiger charge is -2.23. The Morgan fingerprint density at radius 2 is 1.76 bits per heavy atom. The summed E-state index contributed by atoms with van der Waals surface area (Å²) in [7, 11) is 0. The molecule has 10 nitrogen and oxygen atoms in total. The molecule has 1 aliphatic heterocycles. The smallest absolute Gasteiger partial charge is 0.326 e. The van der Waals surface area contributed by atoms with E-state index in [2.05, 4.69) is 16.0 Å². The SMILES string of the molecule is O=C(O)CC[C@H](NC(=O)[C@H](Cc1ccc(O)cc1)NC(=O)[C@@H]1CCCN1)C(=O)O. The van der Waals surface area contributed by atoms with Crippen LogP contribution in [0.1, 0.15) is 31.2 Å². The number of carboxylic acid groups (broad SMARTS) is 2. The topological polar surface area (TPSA) is 165 Å². The number of nitrogens with one attached hydrogen (secondary N) is 3. The predicted octanol–water partition coefficient (Wildman–Crippen LogP) is -0.394. The molecule has 0 aliphatic carbocycles. The summed E-state index contributed by atoms with van der Waals surface area (Å²) < 4.78 is 0. The van der Waals surface area contributed by atoms with Crippen molar-refractivity contribution >= 4 is 23.8 Å². The van der Waals surface area contributed by atoms with E-state index in [0.717, 1.165) is 6.42 Å². The maximum Gasteiger partial charge on any atom is 0.326 e. The summed E-state index contributed by atoms with van der Waals surface area (Å²) in [6.45, 7) is 0.698. The van der Waals surface area contributed by atoms with Crippen molar-refractivity contribution in [1.82, 2.24) is 16.0 Å². The minimum atomic E-state index is -1.39. The van der Waals surface area contributed by atoms with Gasteiger partial charge in [-0.1, -0.05) is 12.1 Å². The number of benzene rings is 1. The van der Waals surface area contributed by atoms with Gasteiger partial charge in [0.05, 0.1) is 6.04 Å². The largest absolute Gasteiger partial charge is 0.508 e. The highest BCUT2D eigenvalue weighted by atomic mass is 16.4. The summed E-state index contributed by atoms with van der Waals surface area (Å²) in [6, 6.07) is 3.20. The van der Waals surface area contributed by atoms with Gasteiger partial charge in [0, 0.05) is 12.8 Å². The fourth-order valence-corrected chi connectivity index (χ4v) is 3.06. The van der Waals surface area contributed by atoms with Crippen LogP contribution in [0.25, 0.3) is 0 Å². The highest BCUT2D eigenvalue weighted by molar-refractivity contribution is 5.92. The van der Waals surface area contributed by atoms with Gasteiger partial charge in [0.1, 0.15) is 17.8 Å². The molecule has 158 valence electrons. The zero-order chi connectivity index (χ0) is 21.4. The summed E-state index contributed by atoms with van der Waals surface area (Å²) in [5.41, 5.74) is 0.653. The van der Waals surface area contributed by atoms with Gasteiger partial charge in [-0.05, 0) is 43.5 Å². The summed E-state index contributed by atoms with van der Waals surface area (Å²) >= 11 is 0. The maximum absolute atomic E-state index is 12.7. The third-order valence-corrected chi connectivity index (χ3v) is 4.65. The Bertz CT molecular complexity index is 745. The Morgan fingerprint density at radius 1 is 1.07 bits per heavy atom. The van der Waals surface area contributed by atoms with Gasteiger partial charge in [-0.25, -0.2) is 4.79 Å². The van der Waals surface area contributed by atoms with Crippen molar-refractivity contribution in [3.63, 3.8) is 0 Å². The number of phenolic OH excluding ortho intramolecular Hbond substituents is 1. The molecule has 2 rings (SSSR count). The van der Waals surface area contributed by atoms with Crippen LogP contribution in [0, 0.1) is 0 Å². The minimum absolute atomic E-state index is 0.0496. The van der Waals surface area contributed by atoms with E-state index in [-0.39, 0.29) is 24.5 Å². The lowest BCUT2D eigenvalue weighted by molar-refractivity contribution is -0.143. The lowest BCUT2D eigenvalue weighted by atomic mass is 10.0. The molecule has 10 heteroatoms. The fourth-order valence-electron chi connectivity index (χ4n) is 3.06. The van der Waals surface area contributed by atoms with Crippen molar-refractivity contribution in [2.45, 2.75) is 50.2 Å². The molecule has 0 unspecified atom stereocenters. The number of carboxylic acids is 2. The van der Waals surface area contributed by atoms with Crippen LogP contribution in [0.3, 0.4) is 0 Å². The number of hydrogen-bond acceptors (Lipinski definition) is 6. The molecule has 0 spiro atoms. The van der Waals surface area contributed by atoms with E-state index in [0.29, 0.717) is 18.5 Å². The van der Waals surface area contributed by atoms with Crippen LogP contribution in [0.2, 0.25) is 0 Å². The standard InChI is InChI=1S/C19H25N3O7/c23-12-5-3-11(4-6-12)10-15(22-17(26)13-2-1-9-20-13)18(27)21-14(19(28)29)7-8-16(24)25/h3-6,13-15,20,23H,1-2,7-10H2,(H,21,27)(H,22,26)(H,24,25)(H,28,29)/t13-,14-,15-/m0/s1. The molecule has 0 bridgehead atoms. The molecule has 1 aliphatic rings. The predicted molar refractivity (Wildman–Crippen MR) is 101 cm³/mol. The van der Waals surface area contributed by atoms with Gasteiger partial charge < -0.3 is 31.3 Å². The molecular formula is C19H25N3O7. The zero-order valence-corrected chi connectivity index (χ0v) is 15.8. The zero-order valence-electron chi connectivity index (χ0n) is 15.8. The Morgan fingerprint density at radius 3 is 2.31 bits per heavy atom. The van der Waals surface area contributed by atoms with Crippen LogP contribution < -0.4 is 16.0 Å². The number of rotatable bonds is 10. The first-order valence-electron chi connectivity index (χ1n) is 9.33. The minimum Gasteiger partial charge on any atom is -0.508 e. The van der Waals surface area contributed by atoms with Gasteiger partial charge in [0.25, 0.3) is 0 Å². The Labute approximate surface area is 167 Å². The molecule has 1 aromatic rings. The van der Waals surface area contributed by atoms with Crippen molar-refractivity contribution in [2.75, 3.05) is 6.54 Å². The first-order valence-corrected chi connectivity index (χ1v) is 9.33. The van der Waals surface area contributed by atoms with Gasteiger partial charge >= 0.3 is 11.9 Å². The van der Waals surface area contributed by atoms with Crippen LogP contribution in [-0.4, -0.2) is 63.7 Å². The molecule has 1 aromatic carbocycles. The number of carbonyl (C=O) groups excluding carboxylic acids is 2. The highest BCUT2D eigenvalue weighted by Crippen LogP contribution is 2.13. The summed E-state index contributed by atoms with van der Waals surface area (Å²) in [5, 5.41) is 35.4. The molecule has 2 amide bonds. The van der Waals surface area contributed by atoms with Crippen molar-refractivity contribution in [2.24, 2.45) is 0 Å². The Hall–Kier alpha value is -3.14. The highest BCUT2D eigenvalue weighted by Gasteiger charge is 2.30. The molecule has 1 saturated heterocycles. The summed E-state index contributed by atoms with van der Waals surface area (Å²) in [6.07, 6.45) is 0.855.